The molecule has 0 bridgehead atoms. The van der Waals surface area contributed by atoms with Crippen molar-refractivity contribution in [3.63, 3.8) is 0 Å². The first kappa shape index (κ1) is 8.76. The molecule has 0 aliphatic carbocycles. The van der Waals surface area contributed by atoms with Crippen LogP contribution in [0.2, 0.25) is 0 Å². The van der Waals surface area contributed by atoms with E-state index >= 15 is 0 Å². The summed E-state index contributed by atoms with van der Waals surface area (Å²) in [5.74, 6) is 1.78. The summed E-state index contributed by atoms with van der Waals surface area (Å²) in [6, 6.07) is 14.0. The van der Waals surface area contributed by atoms with E-state index in [0.717, 1.165) is 33.9 Å². The second kappa shape index (κ2) is 3.08. The Morgan fingerprint density at radius 3 is 2.76 bits per heavy atom. The minimum absolute atomic E-state index is 0.885. The fraction of sp³-hybridized carbons (Fsp3) is 0. The monoisotopic (exact) mass is 219 g/mol. The van der Waals surface area contributed by atoms with E-state index in [9.17, 15) is 0 Å². The number of rotatable bonds is 0. The number of ether oxygens (including phenoxy) is 1. The lowest BCUT2D eigenvalue weighted by molar-refractivity contribution is 0.481. The molecule has 0 saturated carbocycles. The van der Waals surface area contributed by atoms with Gasteiger partial charge in [-0.3, -0.25) is 4.99 Å². The highest BCUT2D eigenvalue weighted by Gasteiger charge is 2.21. The second-order valence-electron chi connectivity index (χ2n) is 4.15. The van der Waals surface area contributed by atoms with E-state index in [0.29, 0.717) is 0 Å². The zero-order chi connectivity index (χ0) is 11.2. The molecule has 0 spiro atoms. The molecular formula is C15H9NO. The van der Waals surface area contributed by atoms with Crippen molar-refractivity contribution >= 4 is 23.6 Å². The lowest BCUT2D eigenvalue weighted by Gasteiger charge is -2.08. The fourth-order valence-corrected chi connectivity index (χ4v) is 2.29. The molecule has 80 valence electrons. The third-order valence-corrected chi connectivity index (χ3v) is 3.09. The molecule has 2 nitrogen and oxygen atoms in total. The van der Waals surface area contributed by atoms with Crippen molar-refractivity contribution in [2.24, 2.45) is 4.99 Å². The molecule has 0 N–H and O–H groups in total. The normalized spacial score (nSPS) is 14.5. The summed E-state index contributed by atoms with van der Waals surface area (Å²) in [4.78, 5) is 4.39. The maximum Gasteiger partial charge on any atom is 0.137 e. The minimum atomic E-state index is 0.885. The van der Waals surface area contributed by atoms with Crippen molar-refractivity contribution in [1.82, 2.24) is 0 Å². The molecule has 0 fully saturated rings. The van der Waals surface area contributed by atoms with Crippen LogP contribution in [0.15, 0.2) is 47.5 Å². The molecule has 0 saturated heterocycles. The lowest BCUT2D eigenvalue weighted by atomic mass is 10.0. The van der Waals surface area contributed by atoms with Crippen molar-refractivity contribution in [1.29, 1.82) is 0 Å². The van der Waals surface area contributed by atoms with Crippen LogP contribution in [-0.2, 0) is 0 Å². The zero-order valence-electron chi connectivity index (χ0n) is 9.05. The Bertz CT molecular complexity index is 683. The van der Waals surface area contributed by atoms with Crippen molar-refractivity contribution in [2.45, 2.75) is 0 Å². The van der Waals surface area contributed by atoms with Gasteiger partial charge < -0.3 is 4.74 Å². The van der Waals surface area contributed by atoms with Gasteiger partial charge in [-0.05, 0) is 24.3 Å². The third-order valence-electron chi connectivity index (χ3n) is 3.09. The Kier molecular flexibility index (Phi) is 1.59. The van der Waals surface area contributed by atoms with Crippen LogP contribution in [0, 0.1) is 0 Å². The number of allylic oxidation sites excluding steroid dienone is 1. The molecular weight excluding hydrogens is 210 g/mol. The molecule has 2 aliphatic rings. The number of para-hydroxylation sites is 1. The second-order valence-corrected chi connectivity index (χ2v) is 4.15. The Balaban J connectivity index is 2.07. The average Bonchev–Trinajstić information content (AvgIpc) is 2.68. The van der Waals surface area contributed by atoms with E-state index in [2.05, 4.69) is 17.1 Å². The molecule has 4 rings (SSSR count). The number of aliphatic imine (C=N–C) groups is 1. The zero-order valence-corrected chi connectivity index (χ0v) is 9.05. The van der Waals surface area contributed by atoms with Gasteiger partial charge in [0.15, 0.2) is 0 Å². The van der Waals surface area contributed by atoms with Crippen LogP contribution in [0.4, 0.5) is 5.69 Å². The number of nitrogens with zero attached hydrogens (tertiary/aromatic N) is 1. The summed E-state index contributed by atoms with van der Waals surface area (Å²) >= 11 is 0. The Morgan fingerprint density at radius 2 is 1.76 bits per heavy atom. The van der Waals surface area contributed by atoms with E-state index in [1.165, 1.54) is 0 Å². The number of hydrogen-bond acceptors (Lipinski definition) is 2. The molecule has 0 radical (unpaired) electrons. The molecule has 2 heteroatoms. The predicted octanol–water partition coefficient (Wildman–Crippen LogP) is 4.05. The van der Waals surface area contributed by atoms with Crippen LogP contribution in [0.3, 0.4) is 0 Å². The first-order valence-electron chi connectivity index (χ1n) is 5.58. The van der Waals surface area contributed by atoms with Crippen LogP contribution in [0.25, 0.3) is 11.6 Å². The van der Waals surface area contributed by atoms with Crippen LogP contribution in [0.5, 0.6) is 11.5 Å². The molecule has 0 unspecified atom stereocenters. The summed E-state index contributed by atoms with van der Waals surface area (Å²) in [7, 11) is 0. The van der Waals surface area contributed by atoms with Gasteiger partial charge in [0.2, 0.25) is 0 Å². The van der Waals surface area contributed by atoms with Gasteiger partial charge in [0.25, 0.3) is 0 Å². The van der Waals surface area contributed by atoms with Gasteiger partial charge in [0, 0.05) is 17.4 Å². The van der Waals surface area contributed by atoms with Crippen molar-refractivity contribution in [2.75, 3.05) is 0 Å². The van der Waals surface area contributed by atoms with Gasteiger partial charge in [0.1, 0.15) is 11.5 Å². The van der Waals surface area contributed by atoms with Gasteiger partial charge in [-0.15, -0.1) is 0 Å². The Hall–Kier alpha value is -2.35. The highest BCUT2D eigenvalue weighted by atomic mass is 16.5. The SMILES string of the molecule is C1=Nc2cccc3c2C1=Cc1ccccc1O3. The summed E-state index contributed by atoms with van der Waals surface area (Å²) in [6.07, 6.45) is 4.03. The van der Waals surface area contributed by atoms with Gasteiger partial charge >= 0.3 is 0 Å². The third kappa shape index (κ3) is 1.18. The van der Waals surface area contributed by atoms with Crippen LogP contribution in [-0.4, -0.2) is 6.21 Å². The van der Waals surface area contributed by atoms with E-state index in [1.54, 1.807) is 0 Å². The Labute approximate surface area is 98.9 Å². The highest BCUT2D eigenvalue weighted by Crippen LogP contribution is 2.44. The fourth-order valence-electron chi connectivity index (χ4n) is 2.29. The molecule has 2 aliphatic heterocycles. The molecule has 2 heterocycles. The van der Waals surface area contributed by atoms with Gasteiger partial charge in [0.05, 0.1) is 11.3 Å². The van der Waals surface area contributed by atoms with Gasteiger partial charge in [-0.2, -0.15) is 0 Å². The smallest absolute Gasteiger partial charge is 0.137 e. The molecule has 0 atom stereocenters. The van der Waals surface area contributed by atoms with Crippen molar-refractivity contribution in [3.05, 3.63) is 53.6 Å². The number of fused-ring (bicyclic) bond motifs is 1. The minimum Gasteiger partial charge on any atom is -0.456 e. The van der Waals surface area contributed by atoms with E-state index in [4.69, 9.17) is 4.74 Å². The summed E-state index contributed by atoms with van der Waals surface area (Å²) in [6.45, 7) is 0. The van der Waals surface area contributed by atoms with Gasteiger partial charge in [-0.25, -0.2) is 0 Å². The lowest BCUT2D eigenvalue weighted by Crippen LogP contribution is -1.87. The maximum atomic E-state index is 5.96. The topological polar surface area (TPSA) is 21.6 Å². The predicted molar refractivity (Wildman–Crippen MR) is 69.0 cm³/mol. The summed E-state index contributed by atoms with van der Waals surface area (Å²) in [5.41, 5.74) is 4.31. The standard InChI is InChI=1S/C15H9NO/c1-2-6-13-10(4-1)8-11-9-16-12-5-3-7-14(17-13)15(11)12/h1-9H. The van der Waals surface area contributed by atoms with E-state index < -0.39 is 0 Å². The number of benzene rings is 2. The van der Waals surface area contributed by atoms with Crippen LogP contribution in [0.1, 0.15) is 11.1 Å². The summed E-state index contributed by atoms with van der Waals surface area (Å²) < 4.78 is 5.96. The molecule has 2 aromatic carbocycles. The molecule has 0 aromatic heterocycles. The summed E-state index contributed by atoms with van der Waals surface area (Å²) in [5, 5.41) is 0. The van der Waals surface area contributed by atoms with Crippen LogP contribution < -0.4 is 4.74 Å². The first-order valence-corrected chi connectivity index (χ1v) is 5.58. The quantitative estimate of drug-likeness (QED) is 0.655. The van der Waals surface area contributed by atoms with E-state index in [-0.39, 0.29) is 0 Å². The van der Waals surface area contributed by atoms with Gasteiger partial charge in [-0.1, -0.05) is 24.3 Å². The number of hydrogen-bond donors (Lipinski definition) is 0. The van der Waals surface area contributed by atoms with E-state index in [1.807, 2.05) is 42.6 Å². The molecule has 0 amide bonds. The van der Waals surface area contributed by atoms with Crippen LogP contribution >= 0.6 is 0 Å². The highest BCUT2D eigenvalue weighted by molar-refractivity contribution is 6.23. The largest absolute Gasteiger partial charge is 0.456 e. The maximum absolute atomic E-state index is 5.96. The van der Waals surface area contributed by atoms with Crippen molar-refractivity contribution < 1.29 is 4.74 Å². The average molecular weight is 219 g/mol. The van der Waals surface area contributed by atoms with Crippen molar-refractivity contribution in [3.8, 4) is 11.5 Å². The Morgan fingerprint density at radius 1 is 0.882 bits per heavy atom. The first-order chi connectivity index (χ1) is 8.42. The molecule has 17 heavy (non-hydrogen) atoms. The molecule has 2 aromatic rings.